The van der Waals surface area contributed by atoms with Gasteiger partial charge in [-0.1, -0.05) is 53.7 Å². The van der Waals surface area contributed by atoms with Crippen LogP contribution in [0.1, 0.15) is 22.3 Å². The number of hydrogen-bond acceptors (Lipinski definition) is 5. The molecule has 0 amide bonds. The number of methoxy groups -OCH3 is 1. The molecule has 1 N–H and O–H groups in total. The molecular weight excluding hydrogens is 376 g/mol. The number of aryl methyl sites for hydroxylation is 2. The molecule has 5 heteroatoms. The SMILES string of the molecule is COCc1cc(-c2nc(-c3ccc(CO)cc3C)no2)ccc1-c1ccccc1C. The quantitative estimate of drug-likeness (QED) is 0.474. The van der Waals surface area contributed by atoms with E-state index < -0.39 is 0 Å². The molecule has 0 aliphatic carbocycles. The van der Waals surface area contributed by atoms with Crippen molar-refractivity contribution in [2.75, 3.05) is 7.11 Å². The van der Waals surface area contributed by atoms with E-state index in [1.165, 1.54) is 11.1 Å². The molecule has 4 aromatic rings. The minimum absolute atomic E-state index is 0.00806. The molecule has 0 aliphatic rings. The molecule has 1 aromatic heterocycles. The molecule has 0 bridgehead atoms. The summed E-state index contributed by atoms with van der Waals surface area (Å²) in [5.41, 5.74) is 8.17. The van der Waals surface area contributed by atoms with Crippen molar-refractivity contribution in [1.29, 1.82) is 0 Å². The Morgan fingerprint density at radius 3 is 2.43 bits per heavy atom. The number of aliphatic hydroxyl groups is 1. The number of ether oxygens (including phenoxy) is 1. The van der Waals surface area contributed by atoms with Gasteiger partial charge >= 0.3 is 0 Å². The van der Waals surface area contributed by atoms with Gasteiger partial charge in [-0.15, -0.1) is 0 Å². The third-order valence-electron chi connectivity index (χ3n) is 5.23. The van der Waals surface area contributed by atoms with E-state index in [0.29, 0.717) is 18.3 Å². The topological polar surface area (TPSA) is 68.4 Å². The highest BCUT2D eigenvalue weighted by atomic mass is 16.5. The Morgan fingerprint density at radius 1 is 0.900 bits per heavy atom. The van der Waals surface area contributed by atoms with Gasteiger partial charge in [-0.3, -0.25) is 0 Å². The van der Waals surface area contributed by atoms with Crippen LogP contribution in [0.4, 0.5) is 0 Å². The van der Waals surface area contributed by atoms with Gasteiger partial charge < -0.3 is 14.4 Å². The van der Waals surface area contributed by atoms with E-state index in [2.05, 4.69) is 35.3 Å². The van der Waals surface area contributed by atoms with Crippen molar-refractivity contribution in [2.24, 2.45) is 0 Å². The zero-order valence-corrected chi connectivity index (χ0v) is 17.3. The molecule has 0 saturated heterocycles. The number of aliphatic hydroxyl groups excluding tert-OH is 1. The van der Waals surface area contributed by atoms with Gasteiger partial charge in [0, 0.05) is 18.2 Å². The average Bonchev–Trinajstić information content (AvgIpc) is 3.24. The van der Waals surface area contributed by atoms with E-state index >= 15 is 0 Å². The fourth-order valence-electron chi connectivity index (χ4n) is 3.66. The summed E-state index contributed by atoms with van der Waals surface area (Å²) in [6.45, 7) is 4.57. The van der Waals surface area contributed by atoms with E-state index in [1.54, 1.807) is 7.11 Å². The van der Waals surface area contributed by atoms with Gasteiger partial charge in [0.25, 0.3) is 5.89 Å². The average molecular weight is 400 g/mol. The summed E-state index contributed by atoms with van der Waals surface area (Å²) in [5.74, 6) is 0.993. The number of benzene rings is 3. The maximum Gasteiger partial charge on any atom is 0.258 e. The molecule has 0 aliphatic heterocycles. The molecule has 5 nitrogen and oxygen atoms in total. The van der Waals surface area contributed by atoms with E-state index in [4.69, 9.17) is 9.26 Å². The van der Waals surface area contributed by atoms with Crippen LogP contribution < -0.4 is 0 Å². The molecule has 0 radical (unpaired) electrons. The highest BCUT2D eigenvalue weighted by Gasteiger charge is 2.15. The molecule has 0 saturated carbocycles. The largest absolute Gasteiger partial charge is 0.392 e. The Labute approximate surface area is 176 Å². The number of aromatic nitrogens is 2. The van der Waals surface area contributed by atoms with Crippen LogP contribution in [-0.4, -0.2) is 22.4 Å². The second-order valence-electron chi connectivity index (χ2n) is 7.35. The van der Waals surface area contributed by atoms with Gasteiger partial charge in [-0.2, -0.15) is 4.98 Å². The number of rotatable bonds is 6. The zero-order valence-electron chi connectivity index (χ0n) is 17.3. The Hall–Kier alpha value is -3.28. The maximum atomic E-state index is 9.31. The van der Waals surface area contributed by atoms with Gasteiger partial charge in [0.15, 0.2) is 0 Å². The van der Waals surface area contributed by atoms with Crippen LogP contribution in [0.2, 0.25) is 0 Å². The Kier molecular flexibility index (Phi) is 5.74. The minimum atomic E-state index is 0.00806. The zero-order chi connectivity index (χ0) is 21.1. The first kappa shape index (κ1) is 20.0. The second kappa shape index (κ2) is 8.61. The summed E-state index contributed by atoms with van der Waals surface area (Å²) in [4.78, 5) is 4.61. The highest BCUT2D eigenvalue weighted by Crippen LogP contribution is 2.32. The molecule has 0 fully saturated rings. The van der Waals surface area contributed by atoms with Crippen LogP contribution in [0.5, 0.6) is 0 Å². The van der Waals surface area contributed by atoms with E-state index in [1.807, 2.05) is 49.4 Å². The monoisotopic (exact) mass is 400 g/mol. The standard InChI is InChI=1S/C25H24N2O3/c1-16-6-4-5-7-21(16)23-11-9-19(13-20(23)15-29-3)25-26-24(27-30-25)22-10-8-18(14-28)12-17(22)2/h4-13,28H,14-15H2,1-3H3. The fraction of sp³-hybridized carbons (Fsp3) is 0.200. The van der Waals surface area contributed by atoms with Crippen molar-refractivity contribution >= 4 is 0 Å². The molecule has 30 heavy (non-hydrogen) atoms. The van der Waals surface area contributed by atoms with Crippen molar-refractivity contribution < 1.29 is 14.4 Å². The first-order chi connectivity index (χ1) is 14.6. The Balaban J connectivity index is 1.72. The Morgan fingerprint density at radius 2 is 1.70 bits per heavy atom. The molecular formula is C25H24N2O3. The van der Waals surface area contributed by atoms with Crippen LogP contribution in [-0.2, 0) is 18.0 Å². The van der Waals surface area contributed by atoms with Gasteiger partial charge in [-0.05, 0) is 59.4 Å². The molecule has 152 valence electrons. The smallest absolute Gasteiger partial charge is 0.258 e. The van der Waals surface area contributed by atoms with E-state index in [9.17, 15) is 5.11 Å². The van der Waals surface area contributed by atoms with E-state index in [-0.39, 0.29) is 6.61 Å². The van der Waals surface area contributed by atoms with E-state index in [0.717, 1.165) is 33.4 Å². The van der Waals surface area contributed by atoms with Crippen molar-refractivity contribution in [3.05, 3.63) is 82.9 Å². The summed E-state index contributed by atoms with van der Waals surface area (Å²) >= 11 is 0. The van der Waals surface area contributed by atoms with Gasteiger partial charge in [0.05, 0.1) is 13.2 Å². The molecule has 1 heterocycles. The lowest BCUT2D eigenvalue weighted by Crippen LogP contribution is -1.95. The minimum Gasteiger partial charge on any atom is -0.392 e. The lowest BCUT2D eigenvalue weighted by atomic mass is 9.94. The van der Waals surface area contributed by atoms with Crippen molar-refractivity contribution in [2.45, 2.75) is 27.1 Å². The lowest BCUT2D eigenvalue weighted by molar-refractivity contribution is 0.185. The molecule has 3 aromatic carbocycles. The highest BCUT2D eigenvalue weighted by molar-refractivity contribution is 5.74. The van der Waals surface area contributed by atoms with Crippen LogP contribution in [0.25, 0.3) is 34.0 Å². The predicted molar refractivity (Wildman–Crippen MR) is 117 cm³/mol. The molecule has 4 rings (SSSR count). The number of hydrogen-bond donors (Lipinski definition) is 1. The molecule has 0 unspecified atom stereocenters. The van der Waals surface area contributed by atoms with Crippen LogP contribution in [0.15, 0.2) is 65.2 Å². The van der Waals surface area contributed by atoms with Crippen LogP contribution in [0, 0.1) is 13.8 Å². The summed E-state index contributed by atoms with van der Waals surface area (Å²) < 4.78 is 11.0. The normalized spacial score (nSPS) is 11.1. The maximum absolute atomic E-state index is 9.31. The fourth-order valence-corrected chi connectivity index (χ4v) is 3.66. The van der Waals surface area contributed by atoms with Crippen LogP contribution in [0.3, 0.4) is 0 Å². The third-order valence-corrected chi connectivity index (χ3v) is 5.23. The Bertz CT molecular complexity index is 1180. The van der Waals surface area contributed by atoms with Crippen molar-refractivity contribution in [3.63, 3.8) is 0 Å². The first-order valence-electron chi connectivity index (χ1n) is 9.83. The van der Waals surface area contributed by atoms with Crippen molar-refractivity contribution in [1.82, 2.24) is 10.1 Å². The molecule has 0 spiro atoms. The predicted octanol–water partition coefficient (Wildman–Crippen LogP) is 5.33. The lowest BCUT2D eigenvalue weighted by Gasteiger charge is -2.12. The third kappa shape index (κ3) is 3.90. The summed E-state index contributed by atoms with van der Waals surface area (Å²) in [6, 6.07) is 20.1. The van der Waals surface area contributed by atoms with Crippen molar-refractivity contribution in [3.8, 4) is 34.0 Å². The summed E-state index contributed by atoms with van der Waals surface area (Å²) in [5, 5.41) is 13.5. The summed E-state index contributed by atoms with van der Waals surface area (Å²) in [6.07, 6.45) is 0. The van der Waals surface area contributed by atoms with Gasteiger partial charge in [0.1, 0.15) is 0 Å². The summed E-state index contributed by atoms with van der Waals surface area (Å²) in [7, 11) is 1.69. The number of nitrogens with zero attached hydrogens (tertiary/aromatic N) is 2. The first-order valence-corrected chi connectivity index (χ1v) is 9.83. The molecule has 0 atom stereocenters. The van der Waals surface area contributed by atoms with Gasteiger partial charge in [-0.25, -0.2) is 0 Å². The second-order valence-corrected chi connectivity index (χ2v) is 7.35. The van der Waals surface area contributed by atoms with Gasteiger partial charge in [0.2, 0.25) is 5.82 Å². The van der Waals surface area contributed by atoms with Crippen LogP contribution >= 0.6 is 0 Å².